The van der Waals surface area contributed by atoms with E-state index in [1.54, 1.807) is 13.4 Å². The molecule has 10 heteroatoms. The predicted octanol–water partition coefficient (Wildman–Crippen LogP) is 3.10. The third kappa shape index (κ3) is 3.54. The summed E-state index contributed by atoms with van der Waals surface area (Å²) in [7, 11) is 1.67. The van der Waals surface area contributed by atoms with Crippen molar-refractivity contribution < 1.29 is 18.9 Å². The number of halogens is 1. The standard InChI is InChI=1S/C20H21ClN4O4S/c1-26-14-4-2-13(3-5-14)7-30-17-15(6-29-20(17)8-27-12-28-9-20)25-11-24-16-18(21)22-10-23-19(16)25/h2-5,10-11,15,17H,6-9,12H2,1H3/t15-,17+/m1/s1. The van der Waals surface area contributed by atoms with Crippen molar-refractivity contribution in [1.29, 1.82) is 0 Å². The average molecular weight is 449 g/mol. The minimum absolute atomic E-state index is 0.00881. The summed E-state index contributed by atoms with van der Waals surface area (Å²) in [6.45, 7) is 1.79. The van der Waals surface area contributed by atoms with Crippen molar-refractivity contribution >= 4 is 34.5 Å². The van der Waals surface area contributed by atoms with Gasteiger partial charge in [-0.1, -0.05) is 23.7 Å². The van der Waals surface area contributed by atoms with Gasteiger partial charge in [0.15, 0.2) is 10.8 Å². The van der Waals surface area contributed by atoms with Crippen molar-refractivity contribution in [2.24, 2.45) is 0 Å². The molecule has 2 fully saturated rings. The van der Waals surface area contributed by atoms with Crippen molar-refractivity contribution in [2.45, 2.75) is 22.6 Å². The maximum Gasteiger partial charge on any atom is 0.165 e. The number of imidazole rings is 1. The molecule has 3 aromatic rings. The quantitative estimate of drug-likeness (QED) is 0.551. The van der Waals surface area contributed by atoms with Gasteiger partial charge in [-0.25, -0.2) is 15.0 Å². The van der Waals surface area contributed by atoms with Gasteiger partial charge in [0.2, 0.25) is 0 Å². The Balaban J connectivity index is 1.45. The number of thioether (sulfide) groups is 1. The van der Waals surface area contributed by atoms with E-state index in [1.165, 1.54) is 11.9 Å². The first-order valence-electron chi connectivity index (χ1n) is 9.57. The first-order chi connectivity index (χ1) is 14.7. The highest BCUT2D eigenvalue weighted by Gasteiger charge is 2.53. The third-order valence-electron chi connectivity index (χ3n) is 5.53. The van der Waals surface area contributed by atoms with E-state index in [9.17, 15) is 0 Å². The average Bonchev–Trinajstić information content (AvgIpc) is 3.36. The molecule has 2 saturated heterocycles. The molecule has 2 aliphatic heterocycles. The smallest absolute Gasteiger partial charge is 0.165 e. The lowest BCUT2D eigenvalue weighted by Crippen LogP contribution is -2.51. The second-order valence-electron chi connectivity index (χ2n) is 7.33. The van der Waals surface area contributed by atoms with Gasteiger partial charge in [0, 0.05) is 5.75 Å². The lowest BCUT2D eigenvalue weighted by Gasteiger charge is -2.37. The van der Waals surface area contributed by atoms with Crippen LogP contribution < -0.4 is 4.74 Å². The van der Waals surface area contributed by atoms with E-state index >= 15 is 0 Å². The largest absolute Gasteiger partial charge is 0.497 e. The molecule has 2 atom stereocenters. The van der Waals surface area contributed by atoms with Crippen LogP contribution in [0.1, 0.15) is 11.6 Å². The van der Waals surface area contributed by atoms with E-state index in [0.717, 1.165) is 11.5 Å². The maximum atomic E-state index is 6.32. The van der Waals surface area contributed by atoms with Crippen LogP contribution in [0, 0.1) is 0 Å². The summed E-state index contributed by atoms with van der Waals surface area (Å²) in [6, 6.07) is 8.12. The number of nitrogens with zero attached hydrogens (tertiary/aromatic N) is 4. The fraction of sp³-hybridized carbons (Fsp3) is 0.450. The molecule has 0 unspecified atom stereocenters. The predicted molar refractivity (Wildman–Crippen MR) is 113 cm³/mol. The Kier molecular flexibility index (Phi) is 5.55. The van der Waals surface area contributed by atoms with E-state index in [0.29, 0.717) is 42.9 Å². The molecule has 1 spiro atoms. The zero-order valence-corrected chi connectivity index (χ0v) is 17.9. The molecule has 0 radical (unpaired) electrons. The number of methoxy groups -OCH3 is 1. The van der Waals surface area contributed by atoms with Crippen LogP contribution in [-0.4, -0.2) is 64.1 Å². The molecule has 1 aromatic carbocycles. The van der Waals surface area contributed by atoms with Crippen LogP contribution in [0.2, 0.25) is 5.15 Å². The zero-order valence-electron chi connectivity index (χ0n) is 16.4. The van der Waals surface area contributed by atoms with Crippen LogP contribution >= 0.6 is 23.4 Å². The number of hydrogen-bond donors (Lipinski definition) is 0. The first-order valence-corrected chi connectivity index (χ1v) is 11.0. The molecule has 2 aliphatic rings. The summed E-state index contributed by atoms with van der Waals surface area (Å²) in [5, 5.41) is 0.421. The number of fused-ring (bicyclic) bond motifs is 1. The molecule has 8 nitrogen and oxygen atoms in total. The maximum absolute atomic E-state index is 6.32. The number of rotatable bonds is 5. The van der Waals surface area contributed by atoms with E-state index in [2.05, 4.69) is 27.1 Å². The van der Waals surface area contributed by atoms with E-state index in [4.69, 9.17) is 30.5 Å². The number of ether oxygens (including phenoxy) is 4. The van der Waals surface area contributed by atoms with Gasteiger partial charge in [-0.3, -0.25) is 0 Å². The number of aromatic nitrogens is 4. The van der Waals surface area contributed by atoms with Crippen LogP contribution in [-0.2, 0) is 20.0 Å². The van der Waals surface area contributed by atoms with Crippen molar-refractivity contribution in [3.63, 3.8) is 0 Å². The lowest BCUT2D eigenvalue weighted by molar-refractivity contribution is -0.201. The van der Waals surface area contributed by atoms with Gasteiger partial charge >= 0.3 is 0 Å². The number of benzene rings is 1. The molecule has 0 bridgehead atoms. The second-order valence-corrected chi connectivity index (χ2v) is 8.81. The highest BCUT2D eigenvalue weighted by Crippen LogP contribution is 2.45. The van der Waals surface area contributed by atoms with Gasteiger partial charge in [-0.05, 0) is 17.7 Å². The molecule has 5 rings (SSSR count). The lowest BCUT2D eigenvalue weighted by atomic mass is 9.98. The van der Waals surface area contributed by atoms with Gasteiger partial charge in [0.25, 0.3) is 0 Å². The molecule has 0 saturated carbocycles. The Morgan fingerprint density at radius 1 is 1.20 bits per heavy atom. The summed E-state index contributed by atoms with van der Waals surface area (Å²) in [4.78, 5) is 12.9. The highest BCUT2D eigenvalue weighted by atomic mass is 35.5. The first kappa shape index (κ1) is 20.0. The van der Waals surface area contributed by atoms with Crippen LogP contribution in [0.15, 0.2) is 36.9 Å². The van der Waals surface area contributed by atoms with Crippen LogP contribution in [0.25, 0.3) is 11.2 Å². The minimum atomic E-state index is -0.520. The van der Waals surface area contributed by atoms with Crippen molar-refractivity contribution in [3.05, 3.63) is 47.6 Å². The Morgan fingerprint density at radius 3 is 2.77 bits per heavy atom. The van der Waals surface area contributed by atoms with Crippen LogP contribution in [0.3, 0.4) is 0 Å². The molecular weight excluding hydrogens is 428 g/mol. The Labute approximate surface area is 182 Å². The number of hydrogen-bond acceptors (Lipinski definition) is 8. The van der Waals surface area contributed by atoms with Gasteiger partial charge in [-0.15, -0.1) is 11.8 Å². The molecule has 0 amide bonds. The normalized spacial score (nSPS) is 23.3. The van der Waals surface area contributed by atoms with Crippen molar-refractivity contribution in [3.8, 4) is 5.75 Å². The van der Waals surface area contributed by atoms with Crippen molar-refractivity contribution in [1.82, 2.24) is 19.5 Å². The summed E-state index contributed by atoms with van der Waals surface area (Å²) < 4.78 is 24.9. The van der Waals surface area contributed by atoms with E-state index < -0.39 is 5.60 Å². The van der Waals surface area contributed by atoms with Gasteiger partial charge in [0.05, 0.1) is 44.5 Å². The van der Waals surface area contributed by atoms with Crippen LogP contribution in [0.4, 0.5) is 0 Å². The third-order valence-corrected chi connectivity index (χ3v) is 7.41. The van der Waals surface area contributed by atoms with Crippen LogP contribution in [0.5, 0.6) is 5.75 Å². The molecular formula is C20H21ClN4O4S. The summed E-state index contributed by atoms with van der Waals surface area (Å²) >= 11 is 8.03. The Hall–Kier alpha value is -1.91. The second kappa shape index (κ2) is 8.32. The Morgan fingerprint density at radius 2 is 2.00 bits per heavy atom. The monoisotopic (exact) mass is 448 g/mol. The van der Waals surface area contributed by atoms with Gasteiger partial charge in [0.1, 0.15) is 30.0 Å². The van der Waals surface area contributed by atoms with Crippen molar-refractivity contribution in [2.75, 3.05) is 33.7 Å². The molecule has 158 valence electrons. The topological polar surface area (TPSA) is 80.5 Å². The summed E-state index contributed by atoms with van der Waals surface area (Å²) in [6.07, 6.45) is 3.23. The molecule has 0 aliphatic carbocycles. The summed E-state index contributed by atoms with van der Waals surface area (Å²) in [5.74, 6) is 1.66. The highest BCUT2D eigenvalue weighted by molar-refractivity contribution is 7.99. The van der Waals surface area contributed by atoms with E-state index in [-0.39, 0.29) is 11.3 Å². The van der Waals surface area contributed by atoms with E-state index in [1.807, 2.05) is 28.5 Å². The van der Waals surface area contributed by atoms with Gasteiger partial charge < -0.3 is 23.5 Å². The van der Waals surface area contributed by atoms with Gasteiger partial charge in [-0.2, -0.15) is 0 Å². The molecule has 2 aromatic heterocycles. The molecule has 30 heavy (non-hydrogen) atoms. The molecule has 4 heterocycles. The SMILES string of the molecule is COc1ccc(CS[C@H]2[C@H](n3cnc4c(Cl)ncnc43)COC23COCOC3)cc1. The zero-order chi connectivity index (χ0) is 20.6. The fourth-order valence-electron chi connectivity index (χ4n) is 4.01. The minimum Gasteiger partial charge on any atom is -0.497 e. The Bertz CT molecular complexity index is 1030. The molecule has 0 N–H and O–H groups in total. The summed E-state index contributed by atoms with van der Waals surface area (Å²) in [5.41, 5.74) is 1.98. The fourth-order valence-corrected chi connectivity index (χ4v) is 5.69.